The molecule has 0 spiro atoms. The highest BCUT2D eigenvalue weighted by atomic mass is 16.6. The largest absolute Gasteiger partial charge is 0.444 e. The van der Waals surface area contributed by atoms with E-state index in [1.54, 1.807) is 0 Å². The molecule has 1 aliphatic heterocycles. The van der Waals surface area contributed by atoms with Crippen molar-refractivity contribution in [1.82, 2.24) is 15.5 Å². The molecule has 1 atom stereocenters. The zero-order valence-electron chi connectivity index (χ0n) is 16.9. The molecule has 1 aliphatic rings. The molecule has 0 bridgehead atoms. The minimum absolute atomic E-state index is 0.0351. The summed E-state index contributed by atoms with van der Waals surface area (Å²) in [6.07, 6.45) is 2.25. The normalized spacial score (nSPS) is 18.0. The van der Waals surface area contributed by atoms with Crippen LogP contribution in [0.5, 0.6) is 0 Å². The first-order valence-corrected chi connectivity index (χ1v) is 9.56. The summed E-state index contributed by atoms with van der Waals surface area (Å²) in [5.41, 5.74) is -0.525. The Hall–Kier alpha value is -1.30. The highest BCUT2D eigenvalue weighted by Crippen LogP contribution is 2.21. The standard InChI is InChI=1S/C19H37N3O3/c1-14(2)16(22-11-8-15(3)9-12-22)13-21-17(23)7-10-20-18(24)25-19(4,5)6/h14-16H,7-13H2,1-6H3,(H,20,24)(H,21,23)/t16-/m1/s1. The van der Waals surface area contributed by atoms with E-state index in [4.69, 9.17) is 4.74 Å². The second-order valence-corrected chi connectivity index (χ2v) is 8.51. The summed E-state index contributed by atoms with van der Waals surface area (Å²) >= 11 is 0. The lowest BCUT2D eigenvalue weighted by Crippen LogP contribution is -2.49. The van der Waals surface area contributed by atoms with Gasteiger partial charge in [0.1, 0.15) is 5.60 Å². The van der Waals surface area contributed by atoms with Crippen LogP contribution in [-0.4, -0.2) is 54.7 Å². The number of alkyl carbamates (subject to hydrolysis) is 1. The molecule has 0 aromatic rings. The van der Waals surface area contributed by atoms with Gasteiger partial charge in [0, 0.05) is 25.6 Å². The summed E-state index contributed by atoms with van der Waals surface area (Å²) < 4.78 is 5.15. The number of nitrogens with zero attached hydrogens (tertiary/aromatic N) is 1. The van der Waals surface area contributed by atoms with Crippen LogP contribution in [0.4, 0.5) is 4.79 Å². The Morgan fingerprint density at radius 3 is 2.28 bits per heavy atom. The van der Waals surface area contributed by atoms with Gasteiger partial charge in [-0.2, -0.15) is 0 Å². The highest BCUT2D eigenvalue weighted by molar-refractivity contribution is 5.77. The first kappa shape index (κ1) is 21.7. The van der Waals surface area contributed by atoms with Crippen molar-refractivity contribution < 1.29 is 14.3 Å². The molecule has 1 rings (SSSR count). The Kier molecular flexibility index (Phi) is 8.69. The van der Waals surface area contributed by atoms with E-state index in [0.29, 0.717) is 18.5 Å². The fraction of sp³-hybridized carbons (Fsp3) is 0.895. The van der Waals surface area contributed by atoms with Gasteiger partial charge in [-0.1, -0.05) is 20.8 Å². The Balaban J connectivity index is 2.29. The Bertz CT molecular complexity index is 424. The lowest BCUT2D eigenvalue weighted by Gasteiger charge is -2.38. The van der Waals surface area contributed by atoms with Gasteiger partial charge in [0.2, 0.25) is 5.91 Å². The van der Waals surface area contributed by atoms with Crippen molar-refractivity contribution in [2.24, 2.45) is 11.8 Å². The van der Waals surface area contributed by atoms with E-state index in [1.165, 1.54) is 12.8 Å². The summed E-state index contributed by atoms with van der Waals surface area (Å²) in [7, 11) is 0. The smallest absolute Gasteiger partial charge is 0.407 e. The Labute approximate surface area is 153 Å². The maximum atomic E-state index is 12.0. The predicted octanol–water partition coefficient (Wildman–Crippen LogP) is 2.77. The summed E-state index contributed by atoms with van der Waals surface area (Å²) in [5, 5.41) is 5.64. The number of carbonyl (C=O) groups is 2. The second-order valence-electron chi connectivity index (χ2n) is 8.51. The lowest BCUT2D eigenvalue weighted by molar-refractivity contribution is -0.121. The van der Waals surface area contributed by atoms with Gasteiger partial charge in [-0.15, -0.1) is 0 Å². The summed E-state index contributed by atoms with van der Waals surface area (Å²) in [5.74, 6) is 1.26. The summed E-state index contributed by atoms with van der Waals surface area (Å²) in [4.78, 5) is 26.1. The lowest BCUT2D eigenvalue weighted by atomic mass is 9.94. The van der Waals surface area contributed by atoms with Crippen molar-refractivity contribution in [2.75, 3.05) is 26.2 Å². The molecule has 2 N–H and O–H groups in total. The third-order valence-corrected chi connectivity index (χ3v) is 4.59. The number of amides is 2. The minimum Gasteiger partial charge on any atom is -0.444 e. The van der Waals surface area contributed by atoms with E-state index in [9.17, 15) is 9.59 Å². The number of ether oxygens (including phenoxy) is 1. The van der Waals surface area contributed by atoms with Gasteiger partial charge in [-0.25, -0.2) is 4.79 Å². The van der Waals surface area contributed by atoms with E-state index in [2.05, 4.69) is 36.3 Å². The highest BCUT2D eigenvalue weighted by Gasteiger charge is 2.25. The minimum atomic E-state index is -0.525. The fourth-order valence-corrected chi connectivity index (χ4v) is 3.05. The molecule has 0 aromatic heterocycles. The quantitative estimate of drug-likeness (QED) is 0.737. The van der Waals surface area contributed by atoms with Crippen molar-refractivity contribution in [3.8, 4) is 0 Å². The molecule has 6 heteroatoms. The van der Waals surface area contributed by atoms with Gasteiger partial charge in [-0.05, 0) is 58.5 Å². The molecule has 0 unspecified atom stereocenters. The number of likely N-dealkylation sites (tertiary alicyclic amines) is 1. The molecule has 1 heterocycles. The Morgan fingerprint density at radius 1 is 1.16 bits per heavy atom. The van der Waals surface area contributed by atoms with Crippen LogP contribution >= 0.6 is 0 Å². The van der Waals surface area contributed by atoms with Crippen molar-refractivity contribution in [3.63, 3.8) is 0 Å². The zero-order chi connectivity index (χ0) is 19.0. The maximum Gasteiger partial charge on any atom is 0.407 e. The van der Waals surface area contributed by atoms with Crippen LogP contribution in [-0.2, 0) is 9.53 Å². The van der Waals surface area contributed by atoms with Crippen molar-refractivity contribution in [3.05, 3.63) is 0 Å². The van der Waals surface area contributed by atoms with Crippen molar-refractivity contribution >= 4 is 12.0 Å². The second kappa shape index (κ2) is 10.00. The summed E-state index contributed by atoms with van der Waals surface area (Å²) in [6, 6.07) is 0.371. The van der Waals surface area contributed by atoms with Crippen molar-refractivity contribution in [2.45, 2.75) is 72.4 Å². The SMILES string of the molecule is CC1CCN([C@H](CNC(=O)CCNC(=O)OC(C)(C)C)C(C)C)CC1. The van der Waals surface area contributed by atoms with Crippen LogP contribution in [0.3, 0.4) is 0 Å². The molecule has 0 aliphatic carbocycles. The molecule has 25 heavy (non-hydrogen) atoms. The Morgan fingerprint density at radius 2 is 1.76 bits per heavy atom. The summed E-state index contributed by atoms with van der Waals surface area (Å²) in [6.45, 7) is 15.3. The molecular weight excluding hydrogens is 318 g/mol. The van der Waals surface area contributed by atoms with E-state index in [1.807, 2.05) is 20.8 Å². The first-order chi connectivity index (χ1) is 11.6. The van der Waals surface area contributed by atoms with E-state index >= 15 is 0 Å². The maximum absolute atomic E-state index is 12.0. The first-order valence-electron chi connectivity index (χ1n) is 9.56. The molecule has 146 valence electrons. The number of rotatable bonds is 7. The van der Waals surface area contributed by atoms with E-state index in [-0.39, 0.29) is 18.9 Å². The average Bonchev–Trinajstić information content (AvgIpc) is 2.47. The van der Waals surface area contributed by atoms with Crippen LogP contribution in [0.1, 0.15) is 60.8 Å². The number of nitrogens with one attached hydrogen (secondary N) is 2. The molecule has 0 saturated carbocycles. The van der Waals surface area contributed by atoms with Gasteiger partial charge in [-0.3, -0.25) is 9.69 Å². The number of hydrogen-bond acceptors (Lipinski definition) is 4. The van der Waals surface area contributed by atoms with E-state index in [0.717, 1.165) is 19.0 Å². The molecule has 0 aromatic carbocycles. The van der Waals surface area contributed by atoms with Gasteiger partial charge in [0.05, 0.1) is 0 Å². The molecule has 1 fully saturated rings. The predicted molar refractivity (Wildman–Crippen MR) is 100 cm³/mol. The van der Waals surface area contributed by atoms with Gasteiger partial charge < -0.3 is 15.4 Å². The fourth-order valence-electron chi connectivity index (χ4n) is 3.05. The van der Waals surface area contributed by atoms with E-state index < -0.39 is 11.7 Å². The molecule has 0 radical (unpaired) electrons. The van der Waals surface area contributed by atoms with Crippen LogP contribution < -0.4 is 10.6 Å². The number of hydrogen-bond donors (Lipinski definition) is 2. The van der Waals surface area contributed by atoms with Gasteiger partial charge >= 0.3 is 6.09 Å². The van der Waals surface area contributed by atoms with Gasteiger partial charge in [0.25, 0.3) is 0 Å². The number of carbonyl (C=O) groups excluding carboxylic acids is 2. The average molecular weight is 356 g/mol. The van der Waals surface area contributed by atoms with Crippen molar-refractivity contribution in [1.29, 1.82) is 0 Å². The monoisotopic (exact) mass is 355 g/mol. The third kappa shape index (κ3) is 9.10. The topological polar surface area (TPSA) is 70.7 Å². The van der Waals surface area contributed by atoms with Crippen LogP contribution in [0.25, 0.3) is 0 Å². The molecule has 6 nitrogen and oxygen atoms in total. The van der Waals surface area contributed by atoms with Crippen LogP contribution in [0, 0.1) is 11.8 Å². The number of piperidine rings is 1. The third-order valence-electron chi connectivity index (χ3n) is 4.59. The molecular formula is C19H37N3O3. The zero-order valence-corrected chi connectivity index (χ0v) is 16.9. The molecule has 2 amide bonds. The van der Waals surface area contributed by atoms with Crippen LogP contribution in [0.15, 0.2) is 0 Å². The van der Waals surface area contributed by atoms with Crippen LogP contribution in [0.2, 0.25) is 0 Å². The molecule has 1 saturated heterocycles. The van der Waals surface area contributed by atoms with Gasteiger partial charge in [0.15, 0.2) is 0 Å².